The second-order valence-electron chi connectivity index (χ2n) is 6.78. The molecular formula is C24H22N4. The van der Waals surface area contributed by atoms with Crippen molar-refractivity contribution in [1.82, 2.24) is 9.97 Å². The highest BCUT2D eigenvalue weighted by atomic mass is 15.1. The average Bonchev–Trinajstić information content (AvgIpc) is 2.74. The summed E-state index contributed by atoms with van der Waals surface area (Å²) in [5, 5.41) is 4.41. The minimum absolute atomic E-state index is 0.289. The third-order valence-corrected chi connectivity index (χ3v) is 4.52. The van der Waals surface area contributed by atoms with Crippen LogP contribution in [0.25, 0.3) is 22.0 Å². The minimum Gasteiger partial charge on any atom is -0.361 e. The van der Waals surface area contributed by atoms with Gasteiger partial charge in [-0.05, 0) is 49.2 Å². The van der Waals surface area contributed by atoms with Gasteiger partial charge in [-0.25, -0.2) is 4.98 Å². The molecule has 0 radical (unpaired) electrons. The second-order valence-corrected chi connectivity index (χ2v) is 6.78. The molecule has 28 heavy (non-hydrogen) atoms. The van der Waals surface area contributed by atoms with E-state index in [1.807, 2.05) is 44.3 Å². The summed E-state index contributed by atoms with van der Waals surface area (Å²) in [6.45, 7) is 4.08. The molecule has 1 aliphatic heterocycles. The average molecular weight is 366 g/mol. The number of hydrogen-bond acceptors (Lipinski definition) is 4. The summed E-state index contributed by atoms with van der Waals surface area (Å²) in [5.74, 6) is 0.877. The Morgan fingerprint density at radius 1 is 0.893 bits per heavy atom. The Bertz CT molecular complexity index is 1120. The van der Waals surface area contributed by atoms with Gasteiger partial charge in [0, 0.05) is 23.5 Å². The van der Waals surface area contributed by atoms with Gasteiger partial charge < -0.3 is 5.32 Å². The van der Waals surface area contributed by atoms with Gasteiger partial charge in [-0.2, -0.15) is 0 Å². The molecule has 1 atom stereocenters. The van der Waals surface area contributed by atoms with E-state index in [0.29, 0.717) is 0 Å². The fourth-order valence-electron chi connectivity index (χ4n) is 3.22. The van der Waals surface area contributed by atoms with Crippen molar-refractivity contribution in [2.24, 2.45) is 4.99 Å². The number of pyridine rings is 2. The lowest BCUT2D eigenvalue weighted by Crippen LogP contribution is -2.19. The van der Waals surface area contributed by atoms with Crippen LogP contribution in [0.3, 0.4) is 0 Å². The topological polar surface area (TPSA) is 50.2 Å². The third kappa shape index (κ3) is 3.91. The van der Waals surface area contributed by atoms with E-state index >= 15 is 0 Å². The van der Waals surface area contributed by atoms with Gasteiger partial charge in [0.15, 0.2) is 5.82 Å². The van der Waals surface area contributed by atoms with E-state index in [9.17, 15) is 0 Å². The standard InChI is InChI=1S/C16H13N.C8H9N3/c1-12-11-15(13-7-3-2-4-8-13)14-9-5-6-10-16(14)17-12;1-6-5-10-7-3-2-4-9-8(7)11-6/h2-11H,1H3;2-6H,1H3,(H,9,11). The number of rotatable bonds is 1. The van der Waals surface area contributed by atoms with Crippen molar-refractivity contribution in [3.05, 3.63) is 84.7 Å². The number of anilines is 1. The summed E-state index contributed by atoms with van der Waals surface area (Å²) >= 11 is 0. The van der Waals surface area contributed by atoms with Crippen molar-refractivity contribution in [3.8, 4) is 11.1 Å². The van der Waals surface area contributed by atoms with Gasteiger partial charge >= 0.3 is 0 Å². The summed E-state index contributed by atoms with van der Waals surface area (Å²) in [5.41, 5.74) is 5.54. The van der Waals surface area contributed by atoms with Crippen molar-refractivity contribution in [3.63, 3.8) is 0 Å². The molecule has 1 N–H and O–H groups in total. The van der Waals surface area contributed by atoms with Gasteiger partial charge in [0.05, 0.1) is 11.6 Å². The molecule has 5 rings (SSSR count). The number of aromatic nitrogens is 2. The molecule has 1 unspecified atom stereocenters. The Labute approximate surface area is 165 Å². The Balaban J connectivity index is 0.000000151. The first kappa shape index (κ1) is 17.9. The van der Waals surface area contributed by atoms with Crippen LogP contribution < -0.4 is 5.32 Å². The normalized spacial score (nSPS) is 14.6. The predicted octanol–water partition coefficient (Wildman–Crippen LogP) is 5.81. The van der Waals surface area contributed by atoms with Crippen LogP contribution in [0.5, 0.6) is 0 Å². The number of aliphatic imine (C=N–C) groups is 1. The molecular weight excluding hydrogens is 344 g/mol. The van der Waals surface area contributed by atoms with Crippen LogP contribution in [-0.2, 0) is 0 Å². The van der Waals surface area contributed by atoms with Crippen LogP contribution >= 0.6 is 0 Å². The number of nitrogens with zero attached hydrogens (tertiary/aromatic N) is 3. The largest absolute Gasteiger partial charge is 0.361 e. The fourth-order valence-corrected chi connectivity index (χ4v) is 3.22. The highest BCUT2D eigenvalue weighted by Crippen LogP contribution is 2.28. The lowest BCUT2D eigenvalue weighted by Gasteiger charge is -2.15. The van der Waals surface area contributed by atoms with Crippen LogP contribution in [0.1, 0.15) is 12.6 Å². The molecule has 0 saturated heterocycles. The first-order valence-electron chi connectivity index (χ1n) is 9.38. The molecule has 4 nitrogen and oxygen atoms in total. The van der Waals surface area contributed by atoms with Crippen LogP contribution in [0.2, 0.25) is 0 Å². The number of fused-ring (bicyclic) bond motifs is 2. The van der Waals surface area contributed by atoms with E-state index in [2.05, 4.69) is 68.8 Å². The number of aryl methyl sites for hydroxylation is 1. The molecule has 0 bridgehead atoms. The maximum Gasteiger partial charge on any atom is 0.152 e. The Hall–Kier alpha value is -3.53. The van der Waals surface area contributed by atoms with Crippen LogP contribution in [0, 0.1) is 6.92 Å². The third-order valence-electron chi connectivity index (χ3n) is 4.52. The van der Waals surface area contributed by atoms with Crippen molar-refractivity contribution >= 4 is 28.6 Å². The number of para-hydroxylation sites is 1. The smallest absolute Gasteiger partial charge is 0.152 e. The molecule has 2 aromatic carbocycles. The first-order chi connectivity index (χ1) is 13.7. The van der Waals surface area contributed by atoms with Gasteiger partial charge in [0.25, 0.3) is 0 Å². The van der Waals surface area contributed by atoms with Crippen LogP contribution in [0.4, 0.5) is 11.5 Å². The Morgan fingerprint density at radius 3 is 2.54 bits per heavy atom. The van der Waals surface area contributed by atoms with E-state index < -0.39 is 0 Å². The van der Waals surface area contributed by atoms with Gasteiger partial charge in [0.2, 0.25) is 0 Å². The molecule has 1 aliphatic rings. The van der Waals surface area contributed by atoms with Gasteiger partial charge in [-0.1, -0.05) is 48.5 Å². The molecule has 3 heterocycles. The zero-order valence-electron chi connectivity index (χ0n) is 16.0. The molecule has 4 aromatic rings. The van der Waals surface area contributed by atoms with Crippen molar-refractivity contribution in [2.75, 3.05) is 5.32 Å². The minimum atomic E-state index is 0.289. The highest BCUT2D eigenvalue weighted by Gasteiger charge is 2.08. The number of benzene rings is 2. The van der Waals surface area contributed by atoms with Crippen molar-refractivity contribution in [1.29, 1.82) is 0 Å². The Morgan fingerprint density at radius 2 is 1.68 bits per heavy atom. The van der Waals surface area contributed by atoms with E-state index in [1.54, 1.807) is 6.20 Å². The van der Waals surface area contributed by atoms with Crippen molar-refractivity contribution in [2.45, 2.75) is 19.9 Å². The maximum atomic E-state index is 4.56. The highest BCUT2D eigenvalue weighted by molar-refractivity contribution is 5.94. The zero-order chi connectivity index (χ0) is 19.3. The molecule has 0 aliphatic carbocycles. The lowest BCUT2D eigenvalue weighted by molar-refractivity contribution is 1.03. The van der Waals surface area contributed by atoms with Crippen LogP contribution in [-0.4, -0.2) is 22.2 Å². The van der Waals surface area contributed by atoms with Crippen LogP contribution in [0.15, 0.2) is 84.0 Å². The first-order valence-corrected chi connectivity index (χ1v) is 9.38. The molecule has 0 spiro atoms. The molecule has 138 valence electrons. The quantitative estimate of drug-likeness (QED) is 0.462. The van der Waals surface area contributed by atoms with Gasteiger partial charge in [-0.15, -0.1) is 0 Å². The van der Waals surface area contributed by atoms with Crippen molar-refractivity contribution < 1.29 is 0 Å². The monoisotopic (exact) mass is 366 g/mol. The van der Waals surface area contributed by atoms with Gasteiger partial charge in [-0.3, -0.25) is 9.98 Å². The molecule has 0 fully saturated rings. The number of nitrogens with one attached hydrogen (secondary N) is 1. The molecule has 0 saturated carbocycles. The van der Waals surface area contributed by atoms with Gasteiger partial charge in [0.1, 0.15) is 5.69 Å². The van der Waals surface area contributed by atoms with E-state index in [0.717, 1.165) is 22.7 Å². The summed E-state index contributed by atoms with van der Waals surface area (Å²) < 4.78 is 0. The fraction of sp³-hybridized carbons (Fsp3) is 0.125. The lowest BCUT2D eigenvalue weighted by atomic mass is 10.0. The number of hydrogen-bond donors (Lipinski definition) is 1. The maximum absolute atomic E-state index is 4.56. The summed E-state index contributed by atoms with van der Waals surface area (Å²) in [7, 11) is 0. The summed E-state index contributed by atoms with van der Waals surface area (Å²) in [6.07, 6.45) is 3.64. The summed E-state index contributed by atoms with van der Waals surface area (Å²) in [6, 6.07) is 25.0. The summed E-state index contributed by atoms with van der Waals surface area (Å²) in [4.78, 5) is 12.9. The van der Waals surface area contributed by atoms with E-state index in [1.165, 1.54) is 16.5 Å². The molecule has 0 amide bonds. The van der Waals surface area contributed by atoms with E-state index in [4.69, 9.17) is 0 Å². The zero-order valence-corrected chi connectivity index (χ0v) is 16.0. The predicted molar refractivity (Wildman–Crippen MR) is 117 cm³/mol. The molecule has 2 aromatic heterocycles. The Kier molecular flexibility index (Phi) is 5.11. The van der Waals surface area contributed by atoms with E-state index in [-0.39, 0.29) is 6.04 Å². The molecule has 4 heteroatoms. The second kappa shape index (κ2) is 8.01. The SMILES string of the molecule is CC1C=Nc2cccnc2N1.Cc1cc(-c2ccccc2)c2ccccc2n1.